The van der Waals surface area contributed by atoms with Gasteiger partial charge >= 0.3 is 5.69 Å². The Kier molecular flexibility index (Phi) is 3.29. The van der Waals surface area contributed by atoms with Crippen LogP contribution < -0.4 is 17.0 Å². The molecule has 0 atom stereocenters. The lowest BCUT2D eigenvalue weighted by atomic mass is 10.1. The van der Waals surface area contributed by atoms with Crippen LogP contribution in [0.1, 0.15) is 15.9 Å². The van der Waals surface area contributed by atoms with E-state index in [2.05, 4.69) is 5.43 Å². The Morgan fingerprint density at radius 1 is 1.33 bits per heavy atom. The molecule has 0 saturated carbocycles. The summed E-state index contributed by atoms with van der Waals surface area (Å²) in [6, 6.07) is 7.04. The highest BCUT2D eigenvalue weighted by Gasteiger charge is 2.10. The van der Waals surface area contributed by atoms with Gasteiger partial charge in [-0.1, -0.05) is 18.2 Å². The zero-order chi connectivity index (χ0) is 13.1. The minimum absolute atomic E-state index is 0.127. The Morgan fingerprint density at radius 2 is 2.06 bits per heavy atom. The fourth-order valence-corrected chi connectivity index (χ4v) is 1.77. The van der Waals surface area contributed by atoms with Crippen LogP contribution in [-0.2, 0) is 13.6 Å². The van der Waals surface area contributed by atoms with Gasteiger partial charge in [-0.15, -0.1) is 0 Å². The average molecular weight is 246 g/mol. The average Bonchev–Trinajstić information content (AvgIpc) is 2.70. The predicted octanol–water partition coefficient (Wildman–Crippen LogP) is -0.161. The van der Waals surface area contributed by atoms with Gasteiger partial charge in [0.15, 0.2) is 0 Å². The number of carbonyl (C=O) groups excluding carboxylic acids is 1. The summed E-state index contributed by atoms with van der Waals surface area (Å²) < 4.78 is 3.01. The molecule has 0 fully saturated rings. The molecule has 1 heterocycles. The molecule has 0 spiro atoms. The smallest absolute Gasteiger partial charge is 0.302 e. The van der Waals surface area contributed by atoms with Gasteiger partial charge < -0.3 is 4.57 Å². The zero-order valence-electron chi connectivity index (χ0n) is 9.96. The van der Waals surface area contributed by atoms with E-state index < -0.39 is 0 Å². The molecule has 0 radical (unpaired) electrons. The highest BCUT2D eigenvalue weighted by Crippen LogP contribution is 2.09. The normalized spacial score (nSPS) is 10.3. The maximum atomic E-state index is 11.7. The fourth-order valence-electron chi connectivity index (χ4n) is 1.77. The van der Waals surface area contributed by atoms with E-state index in [0.717, 1.165) is 5.56 Å². The molecule has 2 rings (SSSR count). The first-order chi connectivity index (χ1) is 8.63. The van der Waals surface area contributed by atoms with Gasteiger partial charge in [0, 0.05) is 25.0 Å². The molecule has 94 valence electrons. The van der Waals surface area contributed by atoms with Crippen molar-refractivity contribution in [1.29, 1.82) is 0 Å². The molecule has 18 heavy (non-hydrogen) atoms. The summed E-state index contributed by atoms with van der Waals surface area (Å²) in [4.78, 5) is 23.3. The molecule has 0 aliphatic carbocycles. The Hall–Kier alpha value is -2.34. The van der Waals surface area contributed by atoms with Crippen LogP contribution in [0.4, 0.5) is 0 Å². The first kappa shape index (κ1) is 12.1. The van der Waals surface area contributed by atoms with E-state index in [1.165, 1.54) is 9.13 Å². The third-order valence-electron chi connectivity index (χ3n) is 2.75. The van der Waals surface area contributed by atoms with Crippen LogP contribution in [0.3, 0.4) is 0 Å². The van der Waals surface area contributed by atoms with E-state index in [1.54, 1.807) is 37.6 Å². The van der Waals surface area contributed by atoms with Gasteiger partial charge in [-0.25, -0.2) is 10.6 Å². The van der Waals surface area contributed by atoms with Crippen LogP contribution >= 0.6 is 0 Å². The second-order valence-corrected chi connectivity index (χ2v) is 3.95. The number of nitrogen functional groups attached to an aromatic ring is 1. The number of benzene rings is 1. The minimum Gasteiger partial charge on any atom is -0.302 e. The number of carbonyl (C=O) groups is 1. The summed E-state index contributed by atoms with van der Waals surface area (Å²) in [7, 11) is 1.68. The summed E-state index contributed by atoms with van der Waals surface area (Å²) in [6.07, 6.45) is 3.35. The summed E-state index contributed by atoms with van der Waals surface area (Å²) >= 11 is 0. The number of aryl methyl sites for hydroxylation is 1. The van der Waals surface area contributed by atoms with Crippen LogP contribution in [0, 0.1) is 0 Å². The van der Waals surface area contributed by atoms with E-state index in [-0.39, 0.29) is 11.6 Å². The number of hydrogen-bond acceptors (Lipinski definition) is 3. The zero-order valence-corrected chi connectivity index (χ0v) is 9.96. The molecule has 3 N–H and O–H groups in total. The van der Waals surface area contributed by atoms with Gasteiger partial charge in [-0.3, -0.25) is 14.8 Å². The molecule has 0 saturated heterocycles. The lowest BCUT2D eigenvalue weighted by Gasteiger charge is -2.08. The van der Waals surface area contributed by atoms with Crippen molar-refractivity contribution < 1.29 is 4.79 Å². The van der Waals surface area contributed by atoms with Crippen molar-refractivity contribution >= 4 is 5.91 Å². The lowest BCUT2D eigenvalue weighted by molar-refractivity contribution is 0.0952. The molecule has 0 aliphatic heterocycles. The van der Waals surface area contributed by atoms with E-state index in [0.29, 0.717) is 12.1 Å². The maximum Gasteiger partial charge on any atom is 0.328 e. The van der Waals surface area contributed by atoms with Gasteiger partial charge in [-0.2, -0.15) is 0 Å². The van der Waals surface area contributed by atoms with Crippen LogP contribution in [0.2, 0.25) is 0 Å². The Morgan fingerprint density at radius 3 is 2.67 bits per heavy atom. The topological polar surface area (TPSA) is 82.1 Å². The first-order valence-electron chi connectivity index (χ1n) is 5.44. The molecule has 1 amide bonds. The van der Waals surface area contributed by atoms with Crippen molar-refractivity contribution in [3.63, 3.8) is 0 Å². The number of rotatable bonds is 3. The van der Waals surface area contributed by atoms with Gasteiger partial charge in [0.1, 0.15) is 0 Å². The molecule has 1 aromatic carbocycles. The molecule has 0 aliphatic rings. The summed E-state index contributed by atoms with van der Waals surface area (Å²) in [5.74, 6) is 4.76. The number of hydrogen-bond donors (Lipinski definition) is 2. The molecule has 2 aromatic rings. The number of imidazole rings is 1. The van der Waals surface area contributed by atoms with Crippen LogP contribution in [-0.4, -0.2) is 15.0 Å². The second kappa shape index (κ2) is 4.89. The van der Waals surface area contributed by atoms with Crippen molar-refractivity contribution in [2.45, 2.75) is 6.54 Å². The van der Waals surface area contributed by atoms with Crippen molar-refractivity contribution in [1.82, 2.24) is 14.6 Å². The van der Waals surface area contributed by atoms with E-state index in [4.69, 9.17) is 5.84 Å². The van der Waals surface area contributed by atoms with Crippen LogP contribution in [0.5, 0.6) is 0 Å². The second-order valence-electron chi connectivity index (χ2n) is 3.95. The fraction of sp³-hybridized carbons (Fsp3) is 0.167. The third kappa shape index (κ3) is 2.18. The van der Waals surface area contributed by atoms with Crippen LogP contribution in [0.15, 0.2) is 41.5 Å². The van der Waals surface area contributed by atoms with Gasteiger partial charge in [0.25, 0.3) is 5.91 Å². The number of hydrazine groups is 1. The van der Waals surface area contributed by atoms with E-state index in [9.17, 15) is 9.59 Å². The quantitative estimate of drug-likeness (QED) is 0.448. The van der Waals surface area contributed by atoms with Crippen molar-refractivity contribution in [2.24, 2.45) is 12.9 Å². The van der Waals surface area contributed by atoms with E-state index in [1.807, 2.05) is 6.07 Å². The Bertz CT molecular complexity index is 627. The largest absolute Gasteiger partial charge is 0.328 e. The van der Waals surface area contributed by atoms with Gasteiger partial charge in [0.2, 0.25) is 0 Å². The maximum absolute atomic E-state index is 11.7. The van der Waals surface area contributed by atoms with Gasteiger partial charge in [0.05, 0.1) is 6.54 Å². The molecule has 0 unspecified atom stereocenters. The monoisotopic (exact) mass is 246 g/mol. The Balaban J connectivity index is 2.38. The molecule has 0 bridgehead atoms. The molecular formula is C12H14N4O2. The summed E-state index contributed by atoms with van der Waals surface area (Å²) in [5, 5.41) is 0. The highest BCUT2D eigenvalue weighted by atomic mass is 16.2. The highest BCUT2D eigenvalue weighted by molar-refractivity contribution is 5.95. The number of amides is 1. The lowest BCUT2D eigenvalue weighted by Crippen LogP contribution is -2.31. The minimum atomic E-state index is -0.366. The predicted molar refractivity (Wildman–Crippen MR) is 66.9 cm³/mol. The number of nitrogens with zero attached hydrogens (tertiary/aromatic N) is 2. The Labute approximate surface area is 104 Å². The molecule has 6 nitrogen and oxygen atoms in total. The SMILES string of the molecule is Cn1ccn(Cc2ccccc2C(=O)NN)c1=O. The summed E-state index contributed by atoms with van der Waals surface area (Å²) in [6.45, 7) is 0.337. The molecule has 6 heteroatoms. The van der Waals surface area contributed by atoms with Crippen molar-refractivity contribution in [2.75, 3.05) is 0 Å². The number of nitrogens with one attached hydrogen (secondary N) is 1. The first-order valence-corrected chi connectivity index (χ1v) is 5.44. The number of nitrogens with two attached hydrogens (primary N) is 1. The summed E-state index contributed by atoms with van der Waals surface area (Å²) in [5.41, 5.74) is 3.18. The standard InChI is InChI=1S/C12H14N4O2/c1-15-6-7-16(12(15)18)8-9-4-2-3-5-10(9)11(17)14-13/h2-7H,8,13H2,1H3,(H,14,17). The van der Waals surface area contributed by atoms with Gasteiger partial charge in [-0.05, 0) is 11.6 Å². The molecular weight excluding hydrogens is 232 g/mol. The third-order valence-corrected chi connectivity index (χ3v) is 2.75. The number of aromatic nitrogens is 2. The van der Waals surface area contributed by atoms with Crippen LogP contribution in [0.25, 0.3) is 0 Å². The van der Waals surface area contributed by atoms with Crippen molar-refractivity contribution in [3.05, 3.63) is 58.3 Å². The molecule has 1 aromatic heterocycles. The van der Waals surface area contributed by atoms with Crippen molar-refractivity contribution in [3.8, 4) is 0 Å². The van der Waals surface area contributed by atoms with E-state index >= 15 is 0 Å².